The number of benzene rings is 1. The highest BCUT2D eigenvalue weighted by molar-refractivity contribution is 5.81. The lowest BCUT2D eigenvalue weighted by Crippen LogP contribution is -1.93. The summed E-state index contributed by atoms with van der Waals surface area (Å²) >= 11 is 0. The molecule has 0 fully saturated rings. The summed E-state index contributed by atoms with van der Waals surface area (Å²) in [5, 5.41) is 0. The Kier molecular flexibility index (Phi) is 2.26. The SMILES string of the molecule is Nc1ncnc2nc(Cc3ccc4c(c3)OCO4)[nH]c12. The molecular weight excluding hydrogens is 258 g/mol. The summed E-state index contributed by atoms with van der Waals surface area (Å²) in [6.07, 6.45) is 2.04. The Hall–Kier alpha value is -2.83. The molecule has 1 aliphatic heterocycles. The maximum absolute atomic E-state index is 5.78. The zero-order chi connectivity index (χ0) is 13.5. The molecule has 3 aromatic rings. The van der Waals surface area contributed by atoms with E-state index in [0.717, 1.165) is 22.9 Å². The van der Waals surface area contributed by atoms with Crippen molar-refractivity contribution in [2.45, 2.75) is 6.42 Å². The first-order valence-electron chi connectivity index (χ1n) is 6.13. The fourth-order valence-electron chi connectivity index (χ4n) is 2.22. The molecule has 0 aliphatic carbocycles. The number of aromatic nitrogens is 4. The zero-order valence-corrected chi connectivity index (χ0v) is 10.5. The average molecular weight is 269 g/mol. The highest BCUT2D eigenvalue weighted by atomic mass is 16.7. The van der Waals surface area contributed by atoms with Gasteiger partial charge in [-0.15, -0.1) is 0 Å². The van der Waals surface area contributed by atoms with Crippen LogP contribution < -0.4 is 15.2 Å². The van der Waals surface area contributed by atoms with Crippen LogP contribution in [0, 0.1) is 0 Å². The maximum Gasteiger partial charge on any atom is 0.231 e. The number of anilines is 1. The van der Waals surface area contributed by atoms with E-state index in [0.29, 0.717) is 23.4 Å². The Morgan fingerprint density at radius 3 is 3.00 bits per heavy atom. The van der Waals surface area contributed by atoms with Crippen molar-refractivity contribution in [2.24, 2.45) is 0 Å². The molecule has 4 rings (SSSR count). The lowest BCUT2D eigenvalue weighted by Gasteiger charge is -2.00. The minimum atomic E-state index is 0.273. The van der Waals surface area contributed by atoms with E-state index in [-0.39, 0.29) is 6.79 Å². The van der Waals surface area contributed by atoms with Crippen molar-refractivity contribution in [3.8, 4) is 11.5 Å². The predicted molar refractivity (Wildman–Crippen MR) is 71.5 cm³/mol. The third kappa shape index (κ3) is 1.71. The van der Waals surface area contributed by atoms with E-state index < -0.39 is 0 Å². The van der Waals surface area contributed by atoms with E-state index >= 15 is 0 Å². The quantitative estimate of drug-likeness (QED) is 0.726. The van der Waals surface area contributed by atoms with Gasteiger partial charge in [-0.3, -0.25) is 0 Å². The molecule has 3 heterocycles. The maximum atomic E-state index is 5.78. The minimum absolute atomic E-state index is 0.273. The van der Waals surface area contributed by atoms with Gasteiger partial charge < -0.3 is 20.2 Å². The lowest BCUT2D eigenvalue weighted by molar-refractivity contribution is 0.174. The van der Waals surface area contributed by atoms with Crippen molar-refractivity contribution in [1.82, 2.24) is 19.9 Å². The molecular formula is C13H11N5O2. The number of aromatic amines is 1. The average Bonchev–Trinajstić information content (AvgIpc) is 3.05. The van der Waals surface area contributed by atoms with Crippen molar-refractivity contribution in [3.63, 3.8) is 0 Å². The van der Waals surface area contributed by atoms with Crippen molar-refractivity contribution in [3.05, 3.63) is 35.9 Å². The van der Waals surface area contributed by atoms with Crippen molar-refractivity contribution in [2.75, 3.05) is 12.5 Å². The van der Waals surface area contributed by atoms with E-state index in [9.17, 15) is 0 Å². The number of imidazole rings is 1. The number of hydrogen-bond donors (Lipinski definition) is 2. The second-order valence-corrected chi connectivity index (χ2v) is 4.51. The predicted octanol–water partition coefficient (Wildman–Crippen LogP) is 1.25. The second-order valence-electron chi connectivity index (χ2n) is 4.51. The van der Waals surface area contributed by atoms with Gasteiger partial charge in [0.2, 0.25) is 6.79 Å². The number of ether oxygens (including phenoxy) is 2. The molecule has 0 spiro atoms. The van der Waals surface area contributed by atoms with Crippen molar-refractivity contribution in [1.29, 1.82) is 0 Å². The van der Waals surface area contributed by atoms with Crippen LogP contribution in [0.15, 0.2) is 24.5 Å². The Labute approximate surface area is 113 Å². The summed E-state index contributed by atoms with van der Waals surface area (Å²) in [5.74, 6) is 2.72. The highest BCUT2D eigenvalue weighted by Crippen LogP contribution is 2.33. The molecule has 100 valence electrons. The van der Waals surface area contributed by atoms with E-state index in [1.165, 1.54) is 6.33 Å². The minimum Gasteiger partial charge on any atom is -0.454 e. The standard InChI is InChI=1S/C13H11N5O2/c14-12-11-13(16-5-15-12)18-10(17-11)4-7-1-2-8-9(3-7)20-6-19-8/h1-3,5H,4,6H2,(H3,14,15,16,17,18). The molecule has 1 aromatic carbocycles. The number of H-pyrrole nitrogens is 1. The normalized spacial score (nSPS) is 13.0. The summed E-state index contributed by atoms with van der Waals surface area (Å²) in [6, 6.07) is 5.83. The van der Waals surface area contributed by atoms with E-state index in [1.54, 1.807) is 0 Å². The fourth-order valence-corrected chi connectivity index (χ4v) is 2.22. The molecule has 0 saturated carbocycles. The summed E-state index contributed by atoms with van der Waals surface area (Å²) < 4.78 is 10.6. The van der Waals surface area contributed by atoms with Crippen molar-refractivity contribution < 1.29 is 9.47 Å². The van der Waals surface area contributed by atoms with Gasteiger partial charge in [-0.05, 0) is 17.7 Å². The number of nitrogen functional groups attached to an aromatic ring is 1. The van der Waals surface area contributed by atoms with Gasteiger partial charge in [0.15, 0.2) is 23.0 Å². The summed E-state index contributed by atoms with van der Waals surface area (Å²) in [6.45, 7) is 0.273. The van der Waals surface area contributed by atoms with Gasteiger partial charge in [-0.25, -0.2) is 15.0 Å². The second kappa shape index (κ2) is 4.09. The lowest BCUT2D eigenvalue weighted by atomic mass is 10.1. The zero-order valence-electron chi connectivity index (χ0n) is 10.5. The van der Waals surface area contributed by atoms with Crippen LogP contribution in [0.4, 0.5) is 5.82 Å². The molecule has 0 unspecified atom stereocenters. The van der Waals surface area contributed by atoms with Crippen LogP contribution in [0.1, 0.15) is 11.4 Å². The Bertz CT molecular complexity index is 799. The van der Waals surface area contributed by atoms with E-state index in [1.807, 2.05) is 18.2 Å². The van der Waals surface area contributed by atoms with Crippen LogP contribution >= 0.6 is 0 Å². The van der Waals surface area contributed by atoms with Crippen molar-refractivity contribution >= 4 is 17.0 Å². The molecule has 7 nitrogen and oxygen atoms in total. The molecule has 0 amide bonds. The van der Waals surface area contributed by atoms with E-state index in [4.69, 9.17) is 15.2 Å². The summed E-state index contributed by atoms with van der Waals surface area (Å²) in [4.78, 5) is 15.6. The van der Waals surface area contributed by atoms with Gasteiger partial charge in [0.05, 0.1) is 0 Å². The van der Waals surface area contributed by atoms with Crippen LogP contribution in [0.5, 0.6) is 11.5 Å². The molecule has 3 N–H and O–H groups in total. The van der Waals surface area contributed by atoms with Crippen LogP contribution in [0.3, 0.4) is 0 Å². The molecule has 7 heteroatoms. The largest absolute Gasteiger partial charge is 0.454 e. The van der Waals surface area contributed by atoms with Gasteiger partial charge in [0, 0.05) is 6.42 Å². The molecule has 1 aliphatic rings. The van der Waals surface area contributed by atoms with Gasteiger partial charge in [-0.2, -0.15) is 0 Å². The van der Waals surface area contributed by atoms with Gasteiger partial charge in [-0.1, -0.05) is 6.07 Å². The smallest absolute Gasteiger partial charge is 0.231 e. The number of rotatable bonds is 2. The number of nitrogens with one attached hydrogen (secondary N) is 1. The first-order valence-corrected chi connectivity index (χ1v) is 6.13. The van der Waals surface area contributed by atoms with Gasteiger partial charge >= 0.3 is 0 Å². The van der Waals surface area contributed by atoms with Gasteiger partial charge in [0.1, 0.15) is 17.7 Å². The summed E-state index contributed by atoms with van der Waals surface area (Å²) in [7, 11) is 0. The van der Waals surface area contributed by atoms with Crippen LogP contribution in [0.25, 0.3) is 11.2 Å². The van der Waals surface area contributed by atoms with Crippen LogP contribution in [0.2, 0.25) is 0 Å². The molecule has 0 bridgehead atoms. The van der Waals surface area contributed by atoms with Gasteiger partial charge in [0.25, 0.3) is 0 Å². The Balaban J connectivity index is 1.69. The van der Waals surface area contributed by atoms with Crippen LogP contribution in [-0.2, 0) is 6.42 Å². The molecule has 0 radical (unpaired) electrons. The monoisotopic (exact) mass is 269 g/mol. The third-order valence-electron chi connectivity index (χ3n) is 3.18. The number of hydrogen-bond acceptors (Lipinski definition) is 6. The topological polar surface area (TPSA) is 98.9 Å². The van der Waals surface area contributed by atoms with E-state index in [2.05, 4.69) is 19.9 Å². The molecule has 20 heavy (non-hydrogen) atoms. The Morgan fingerprint density at radius 2 is 2.10 bits per heavy atom. The molecule has 2 aromatic heterocycles. The molecule has 0 atom stereocenters. The number of nitrogens with zero attached hydrogens (tertiary/aromatic N) is 3. The fraction of sp³-hybridized carbons (Fsp3) is 0.154. The number of nitrogens with two attached hydrogens (primary N) is 1. The highest BCUT2D eigenvalue weighted by Gasteiger charge is 2.14. The molecule has 0 saturated heterocycles. The summed E-state index contributed by atoms with van der Waals surface area (Å²) in [5.41, 5.74) is 8.09. The third-order valence-corrected chi connectivity index (χ3v) is 3.18. The first-order chi connectivity index (χ1) is 9.79. The van der Waals surface area contributed by atoms with Crippen LogP contribution in [-0.4, -0.2) is 26.7 Å². The first kappa shape index (κ1) is 11.0. The Morgan fingerprint density at radius 1 is 1.20 bits per heavy atom. The number of fused-ring (bicyclic) bond motifs is 2.